The number of nitrogens with zero attached hydrogens (tertiary/aromatic N) is 2. The molecule has 3 rings (SSSR count). The number of nitrogens with two attached hydrogens (primary N) is 1. The molecule has 2 aliphatic heterocycles. The molecule has 0 aromatic heterocycles. The number of hydrazine groups is 1. The number of hydrogen-bond acceptors (Lipinski definition) is 5. The fourth-order valence-corrected chi connectivity index (χ4v) is 4.00. The molecule has 4 unspecified atom stereocenters. The summed E-state index contributed by atoms with van der Waals surface area (Å²) in [6, 6.07) is 9.71. The Kier molecular flexibility index (Phi) is 5.50. The van der Waals surface area contributed by atoms with Gasteiger partial charge in [0.1, 0.15) is 6.04 Å². The molecule has 4 N–H and O–H groups in total. The zero-order chi connectivity index (χ0) is 17.1. The lowest BCUT2D eigenvalue weighted by Crippen LogP contribution is -2.48. The lowest BCUT2D eigenvalue weighted by molar-refractivity contribution is -0.133. The lowest BCUT2D eigenvalue weighted by atomic mass is 9.89. The van der Waals surface area contributed by atoms with E-state index in [4.69, 9.17) is 5.73 Å². The van der Waals surface area contributed by atoms with E-state index in [0.717, 1.165) is 25.2 Å². The molecule has 6 heteroatoms. The molecular formula is C18H29N5O. The summed E-state index contributed by atoms with van der Waals surface area (Å²) < 4.78 is 0. The van der Waals surface area contributed by atoms with Crippen molar-refractivity contribution in [2.45, 2.75) is 31.0 Å². The highest BCUT2D eigenvalue weighted by molar-refractivity contribution is 5.83. The molecule has 1 aromatic rings. The van der Waals surface area contributed by atoms with E-state index in [1.165, 1.54) is 12.8 Å². The summed E-state index contributed by atoms with van der Waals surface area (Å²) in [6.07, 6.45) is 2.14. The monoisotopic (exact) mass is 331 g/mol. The molecule has 0 spiro atoms. The van der Waals surface area contributed by atoms with Crippen LogP contribution in [-0.4, -0.2) is 61.6 Å². The molecule has 2 fully saturated rings. The quantitative estimate of drug-likeness (QED) is 0.742. The predicted molar refractivity (Wildman–Crippen MR) is 95.1 cm³/mol. The van der Waals surface area contributed by atoms with Crippen LogP contribution in [0.2, 0.25) is 0 Å². The van der Waals surface area contributed by atoms with Crippen molar-refractivity contribution in [1.82, 2.24) is 20.7 Å². The molecule has 2 aliphatic rings. The normalized spacial score (nSPS) is 31.1. The van der Waals surface area contributed by atoms with Crippen molar-refractivity contribution in [3.63, 3.8) is 0 Å². The number of likely N-dealkylation sites (N-methyl/N-ethyl adjacent to an activating group) is 1. The molecule has 0 saturated carbocycles. The van der Waals surface area contributed by atoms with Crippen molar-refractivity contribution in [3.8, 4) is 0 Å². The maximum absolute atomic E-state index is 13.0. The summed E-state index contributed by atoms with van der Waals surface area (Å²) >= 11 is 0. The van der Waals surface area contributed by atoms with Crippen LogP contribution in [-0.2, 0) is 4.79 Å². The van der Waals surface area contributed by atoms with Gasteiger partial charge in [-0.25, -0.2) is 10.9 Å². The van der Waals surface area contributed by atoms with Crippen LogP contribution >= 0.6 is 0 Å². The van der Waals surface area contributed by atoms with Gasteiger partial charge in [-0.3, -0.25) is 4.79 Å². The van der Waals surface area contributed by atoms with E-state index in [2.05, 4.69) is 22.8 Å². The Bertz CT molecular complexity index is 552. The number of hydrogen-bond donors (Lipinski definition) is 3. The minimum Gasteiger partial charge on any atom is -0.344 e. The van der Waals surface area contributed by atoms with E-state index in [1.807, 2.05) is 42.3 Å². The van der Waals surface area contributed by atoms with E-state index in [9.17, 15) is 4.79 Å². The molecule has 24 heavy (non-hydrogen) atoms. The van der Waals surface area contributed by atoms with Crippen molar-refractivity contribution >= 4 is 5.91 Å². The molecule has 0 bridgehead atoms. The van der Waals surface area contributed by atoms with Gasteiger partial charge in [-0.15, -0.1) is 0 Å². The van der Waals surface area contributed by atoms with Crippen LogP contribution in [0.4, 0.5) is 0 Å². The van der Waals surface area contributed by atoms with Crippen LogP contribution in [0.1, 0.15) is 24.3 Å². The number of carbonyl (C=O) groups excluding carboxylic acids is 1. The Morgan fingerprint density at radius 2 is 2.08 bits per heavy atom. The van der Waals surface area contributed by atoms with E-state index >= 15 is 0 Å². The number of amides is 1. The van der Waals surface area contributed by atoms with Gasteiger partial charge in [0, 0.05) is 26.1 Å². The fraction of sp³-hybridized carbons (Fsp3) is 0.611. The van der Waals surface area contributed by atoms with Gasteiger partial charge in [0.15, 0.2) is 0 Å². The second kappa shape index (κ2) is 7.61. The third-order valence-corrected chi connectivity index (χ3v) is 5.23. The molecule has 1 amide bonds. The Morgan fingerprint density at radius 1 is 1.33 bits per heavy atom. The Morgan fingerprint density at radius 3 is 2.79 bits per heavy atom. The maximum atomic E-state index is 13.0. The van der Waals surface area contributed by atoms with Gasteiger partial charge in [0.2, 0.25) is 5.91 Å². The summed E-state index contributed by atoms with van der Waals surface area (Å²) in [4.78, 5) is 17.2. The van der Waals surface area contributed by atoms with Crippen molar-refractivity contribution in [3.05, 3.63) is 35.9 Å². The highest BCUT2D eigenvalue weighted by Crippen LogP contribution is 2.26. The van der Waals surface area contributed by atoms with Crippen LogP contribution in [0, 0.1) is 5.92 Å². The highest BCUT2D eigenvalue weighted by Gasteiger charge is 2.40. The average Bonchev–Trinajstić information content (AvgIpc) is 2.96. The van der Waals surface area contributed by atoms with Crippen LogP contribution in [0.5, 0.6) is 0 Å². The zero-order valence-electron chi connectivity index (χ0n) is 14.6. The lowest BCUT2D eigenvalue weighted by Gasteiger charge is -2.33. The second-order valence-electron chi connectivity index (χ2n) is 7.22. The van der Waals surface area contributed by atoms with Crippen molar-refractivity contribution in [2.24, 2.45) is 11.7 Å². The number of nitrogens with one attached hydrogen (secondary N) is 2. The summed E-state index contributed by atoms with van der Waals surface area (Å²) in [6.45, 7) is 3.03. The van der Waals surface area contributed by atoms with Gasteiger partial charge >= 0.3 is 0 Å². The largest absolute Gasteiger partial charge is 0.344 e. The first-order valence-corrected chi connectivity index (χ1v) is 8.81. The van der Waals surface area contributed by atoms with E-state index < -0.39 is 0 Å². The summed E-state index contributed by atoms with van der Waals surface area (Å²) in [7, 11) is 4.06. The maximum Gasteiger partial charge on any atom is 0.241 e. The van der Waals surface area contributed by atoms with Gasteiger partial charge in [0.05, 0.1) is 6.17 Å². The Labute approximate surface area is 144 Å². The number of carbonyl (C=O) groups is 1. The van der Waals surface area contributed by atoms with Gasteiger partial charge < -0.3 is 15.5 Å². The first kappa shape index (κ1) is 17.4. The smallest absolute Gasteiger partial charge is 0.241 e. The topological polar surface area (TPSA) is 73.6 Å². The first-order valence-electron chi connectivity index (χ1n) is 8.81. The summed E-state index contributed by atoms with van der Waals surface area (Å²) in [5.74, 6) is 0.601. The van der Waals surface area contributed by atoms with Gasteiger partial charge in [-0.05, 0) is 37.9 Å². The van der Waals surface area contributed by atoms with Gasteiger partial charge in [-0.1, -0.05) is 30.3 Å². The SMILES string of the molecule is CN1CCCC(CN(C)C(=O)C2NNC(N)C2c2ccccc2)C1. The van der Waals surface area contributed by atoms with Crippen molar-refractivity contribution in [1.29, 1.82) is 0 Å². The number of rotatable bonds is 4. The molecule has 0 radical (unpaired) electrons. The van der Waals surface area contributed by atoms with Crippen LogP contribution in [0.25, 0.3) is 0 Å². The fourth-order valence-electron chi connectivity index (χ4n) is 4.00. The summed E-state index contributed by atoms with van der Waals surface area (Å²) in [5.41, 5.74) is 13.4. The molecule has 132 valence electrons. The highest BCUT2D eigenvalue weighted by atomic mass is 16.2. The zero-order valence-corrected chi connectivity index (χ0v) is 14.6. The van der Waals surface area contributed by atoms with E-state index in [-0.39, 0.29) is 24.0 Å². The van der Waals surface area contributed by atoms with Gasteiger partial charge in [-0.2, -0.15) is 0 Å². The van der Waals surface area contributed by atoms with Gasteiger partial charge in [0.25, 0.3) is 0 Å². The third-order valence-electron chi connectivity index (χ3n) is 5.23. The molecule has 6 nitrogen and oxygen atoms in total. The number of likely N-dealkylation sites (tertiary alicyclic amines) is 1. The number of benzene rings is 1. The summed E-state index contributed by atoms with van der Waals surface area (Å²) in [5, 5.41) is 0. The molecule has 4 atom stereocenters. The van der Waals surface area contributed by atoms with Crippen molar-refractivity contribution in [2.75, 3.05) is 33.7 Å². The van der Waals surface area contributed by atoms with Crippen molar-refractivity contribution < 1.29 is 4.79 Å². The third kappa shape index (κ3) is 3.78. The second-order valence-corrected chi connectivity index (χ2v) is 7.22. The van der Waals surface area contributed by atoms with Crippen LogP contribution in [0.3, 0.4) is 0 Å². The minimum absolute atomic E-state index is 0.0600. The molecule has 1 aromatic carbocycles. The molecule has 0 aliphatic carbocycles. The molecule has 2 heterocycles. The van der Waals surface area contributed by atoms with Crippen LogP contribution < -0.4 is 16.6 Å². The standard InChI is InChI=1S/C18H29N5O/c1-22-10-6-7-13(11-22)12-23(2)18(24)16-15(17(19)21-20-16)14-8-4-3-5-9-14/h3-5,8-9,13,15-17,20-21H,6-7,10-12,19H2,1-2H3. The Hall–Kier alpha value is -1.47. The predicted octanol–water partition coefficient (Wildman–Crippen LogP) is 0.332. The first-order chi connectivity index (χ1) is 11.6. The van der Waals surface area contributed by atoms with E-state index in [1.54, 1.807) is 0 Å². The minimum atomic E-state index is -0.325. The Balaban J connectivity index is 1.66. The molecule has 2 saturated heterocycles. The molecular weight excluding hydrogens is 302 g/mol. The van der Waals surface area contributed by atoms with E-state index in [0.29, 0.717) is 5.92 Å². The van der Waals surface area contributed by atoms with Crippen LogP contribution in [0.15, 0.2) is 30.3 Å². The average molecular weight is 331 g/mol. The number of piperidine rings is 1.